The van der Waals surface area contributed by atoms with Gasteiger partial charge in [-0.05, 0) is 49.5 Å². The van der Waals surface area contributed by atoms with Crippen molar-refractivity contribution < 1.29 is 4.79 Å². The Hall–Kier alpha value is -2.69. The minimum Gasteiger partial charge on any atom is -0.332 e. The third kappa shape index (κ3) is 3.93. The van der Waals surface area contributed by atoms with E-state index in [0.717, 1.165) is 31.5 Å². The largest absolute Gasteiger partial charge is 0.332 e. The average Bonchev–Trinajstić information content (AvgIpc) is 3.24. The van der Waals surface area contributed by atoms with Crippen molar-refractivity contribution >= 4 is 61.2 Å². The summed E-state index contributed by atoms with van der Waals surface area (Å²) in [5.74, 6) is 0.460. The smallest absolute Gasteiger partial charge is 0.257 e. The quantitative estimate of drug-likeness (QED) is 0.437. The lowest BCUT2D eigenvalue weighted by atomic mass is 10.2. The number of amides is 1. The molecule has 0 bridgehead atoms. The average molecular weight is 473 g/mol. The first-order chi connectivity index (χ1) is 13.5. The number of hydrogen-bond donors (Lipinski definition) is 2. The van der Waals surface area contributed by atoms with Crippen LogP contribution >= 0.6 is 39.5 Å². The van der Waals surface area contributed by atoms with Crippen molar-refractivity contribution in [3.63, 3.8) is 0 Å². The molecule has 0 aliphatic rings. The minimum atomic E-state index is -0.279. The molecule has 2 heterocycles. The first-order valence-electron chi connectivity index (χ1n) is 8.17. The van der Waals surface area contributed by atoms with E-state index in [2.05, 4.69) is 41.9 Å². The van der Waals surface area contributed by atoms with E-state index in [0.29, 0.717) is 5.56 Å². The summed E-state index contributed by atoms with van der Waals surface area (Å²) in [6.07, 6.45) is 0. The highest BCUT2D eigenvalue weighted by atomic mass is 79.9. The highest BCUT2D eigenvalue weighted by Gasteiger charge is 2.12. The second kappa shape index (κ2) is 7.74. The van der Waals surface area contributed by atoms with Crippen molar-refractivity contribution in [1.29, 1.82) is 0 Å². The summed E-state index contributed by atoms with van der Waals surface area (Å²) in [4.78, 5) is 13.0. The Labute approximate surface area is 177 Å². The Morgan fingerprint density at radius 3 is 2.79 bits per heavy atom. The van der Waals surface area contributed by atoms with Gasteiger partial charge >= 0.3 is 0 Å². The Bertz CT molecular complexity index is 1200. The second-order valence-corrected chi connectivity index (χ2v) is 8.13. The Kier molecular flexibility index (Phi) is 5.16. The fraction of sp³-hybridized carbons (Fsp3) is 0.0556. The third-order valence-electron chi connectivity index (χ3n) is 3.83. The molecule has 0 unspecified atom stereocenters. The molecule has 0 saturated heterocycles. The standard InChI is InChI=1S/C18H13BrN6OS2/c1-10-22-23-18-25(10)24-16(28-18)12-5-3-7-14(9-12)20-17(27)21-15(26)11-4-2-6-13(19)8-11/h2-9H,1H3,(H2,20,21,26,27). The highest BCUT2D eigenvalue weighted by molar-refractivity contribution is 9.10. The molecule has 10 heteroatoms. The Morgan fingerprint density at radius 2 is 2.00 bits per heavy atom. The van der Waals surface area contributed by atoms with Crippen molar-refractivity contribution in [2.75, 3.05) is 5.32 Å². The van der Waals surface area contributed by atoms with E-state index in [4.69, 9.17) is 12.2 Å². The normalized spacial score (nSPS) is 10.8. The van der Waals surface area contributed by atoms with Crippen LogP contribution in [0.1, 0.15) is 16.2 Å². The molecule has 2 aromatic heterocycles. The number of nitrogens with zero attached hydrogens (tertiary/aromatic N) is 4. The molecule has 4 rings (SSSR count). The van der Waals surface area contributed by atoms with Gasteiger partial charge in [-0.3, -0.25) is 10.1 Å². The predicted octanol–water partition coefficient (Wildman–Crippen LogP) is 4.05. The van der Waals surface area contributed by atoms with E-state index in [-0.39, 0.29) is 11.0 Å². The van der Waals surface area contributed by atoms with Crippen molar-refractivity contribution in [2.24, 2.45) is 0 Å². The number of aromatic nitrogens is 4. The topological polar surface area (TPSA) is 84.2 Å². The van der Waals surface area contributed by atoms with Gasteiger partial charge in [0.1, 0.15) is 5.01 Å². The van der Waals surface area contributed by atoms with Crippen LogP contribution in [0.25, 0.3) is 15.5 Å². The van der Waals surface area contributed by atoms with Crippen LogP contribution in [0.3, 0.4) is 0 Å². The summed E-state index contributed by atoms with van der Waals surface area (Å²) < 4.78 is 2.54. The van der Waals surface area contributed by atoms with E-state index >= 15 is 0 Å². The number of hydrogen-bond acceptors (Lipinski definition) is 6. The summed E-state index contributed by atoms with van der Waals surface area (Å²) in [6, 6.07) is 14.7. The maximum atomic E-state index is 12.3. The van der Waals surface area contributed by atoms with Gasteiger partial charge in [0.05, 0.1) is 0 Å². The van der Waals surface area contributed by atoms with Gasteiger partial charge in [0.25, 0.3) is 5.91 Å². The molecule has 0 aliphatic heterocycles. The summed E-state index contributed by atoms with van der Waals surface area (Å²) in [7, 11) is 0. The van der Waals surface area contributed by atoms with Crippen molar-refractivity contribution in [3.05, 3.63) is 64.4 Å². The molecule has 0 atom stereocenters. The van der Waals surface area contributed by atoms with Crippen LogP contribution in [-0.2, 0) is 0 Å². The van der Waals surface area contributed by atoms with Crippen LogP contribution in [0.5, 0.6) is 0 Å². The van der Waals surface area contributed by atoms with Crippen LogP contribution in [0.2, 0.25) is 0 Å². The first-order valence-corrected chi connectivity index (χ1v) is 10.2. The van der Waals surface area contributed by atoms with E-state index < -0.39 is 0 Å². The van der Waals surface area contributed by atoms with E-state index in [1.54, 1.807) is 22.7 Å². The maximum absolute atomic E-state index is 12.3. The van der Waals surface area contributed by atoms with E-state index in [9.17, 15) is 4.79 Å². The number of benzene rings is 2. The number of halogens is 1. The summed E-state index contributed by atoms with van der Waals surface area (Å²) in [6.45, 7) is 1.86. The summed E-state index contributed by atoms with van der Waals surface area (Å²) >= 11 is 10.1. The summed E-state index contributed by atoms with van der Waals surface area (Å²) in [5, 5.41) is 19.4. The third-order valence-corrected chi connectivity index (χ3v) is 5.47. The first kappa shape index (κ1) is 18.7. The maximum Gasteiger partial charge on any atom is 0.257 e. The Balaban J connectivity index is 1.48. The highest BCUT2D eigenvalue weighted by Crippen LogP contribution is 2.27. The molecule has 2 N–H and O–H groups in total. The molecule has 0 saturated carbocycles. The van der Waals surface area contributed by atoms with Crippen LogP contribution in [0, 0.1) is 6.92 Å². The minimum absolute atomic E-state index is 0.219. The van der Waals surface area contributed by atoms with Crippen molar-refractivity contribution in [3.8, 4) is 10.6 Å². The molecule has 1 amide bonds. The number of nitrogens with one attached hydrogen (secondary N) is 2. The fourth-order valence-electron chi connectivity index (χ4n) is 2.53. The zero-order chi connectivity index (χ0) is 19.7. The SMILES string of the molecule is Cc1nnc2sc(-c3cccc(NC(=S)NC(=O)c4cccc(Br)c4)c3)nn12. The molecular weight excluding hydrogens is 460 g/mol. The Morgan fingerprint density at radius 1 is 1.18 bits per heavy atom. The molecule has 7 nitrogen and oxygen atoms in total. The van der Waals surface area contributed by atoms with Gasteiger partial charge < -0.3 is 5.32 Å². The van der Waals surface area contributed by atoms with Crippen molar-refractivity contribution in [2.45, 2.75) is 6.92 Å². The fourth-order valence-corrected chi connectivity index (χ4v) is 4.02. The van der Waals surface area contributed by atoms with Gasteiger partial charge in [0.15, 0.2) is 10.9 Å². The molecule has 0 radical (unpaired) electrons. The van der Waals surface area contributed by atoms with E-state index in [1.165, 1.54) is 11.3 Å². The van der Waals surface area contributed by atoms with E-state index in [1.807, 2.05) is 37.3 Å². The van der Waals surface area contributed by atoms with Gasteiger partial charge in [-0.1, -0.05) is 45.5 Å². The molecule has 0 aliphatic carbocycles. The number of thiocarbonyl (C=S) groups is 1. The molecule has 4 aromatic rings. The van der Waals surface area contributed by atoms with Gasteiger partial charge in [0.2, 0.25) is 4.96 Å². The van der Waals surface area contributed by atoms with Gasteiger partial charge in [-0.2, -0.15) is 9.61 Å². The van der Waals surface area contributed by atoms with Crippen LogP contribution in [0.15, 0.2) is 53.0 Å². The number of carbonyl (C=O) groups is 1. The zero-order valence-corrected chi connectivity index (χ0v) is 17.7. The summed E-state index contributed by atoms with van der Waals surface area (Å²) in [5.41, 5.74) is 2.18. The molecular formula is C18H13BrN6OS2. The van der Waals surface area contributed by atoms with Gasteiger partial charge in [-0.25, -0.2) is 0 Å². The van der Waals surface area contributed by atoms with Crippen LogP contribution in [0.4, 0.5) is 5.69 Å². The number of rotatable bonds is 3. The number of fused-ring (bicyclic) bond motifs is 1. The molecule has 28 heavy (non-hydrogen) atoms. The monoisotopic (exact) mass is 472 g/mol. The van der Waals surface area contributed by atoms with Gasteiger partial charge in [-0.15, -0.1) is 10.2 Å². The lowest BCUT2D eigenvalue weighted by Crippen LogP contribution is -2.34. The number of anilines is 1. The molecule has 140 valence electrons. The van der Waals surface area contributed by atoms with Crippen LogP contribution in [-0.4, -0.2) is 30.8 Å². The molecule has 0 fully saturated rings. The molecule has 2 aromatic carbocycles. The van der Waals surface area contributed by atoms with Crippen LogP contribution < -0.4 is 10.6 Å². The zero-order valence-electron chi connectivity index (χ0n) is 14.5. The predicted molar refractivity (Wildman–Crippen MR) is 117 cm³/mol. The lowest BCUT2D eigenvalue weighted by molar-refractivity contribution is 0.0977. The second-order valence-electron chi connectivity index (χ2n) is 5.85. The molecule has 0 spiro atoms. The van der Waals surface area contributed by atoms with Crippen molar-refractivity contribution in [1.82, 2.24) is 25.1 Å². The van der Waals surface area contributed by atoms with Gasteiger partial charge in [0, 0.05) is 21.3 Å². The lowest BCUT2D eigenvalue weighted by Gasteiger charge is -2.10. The number of carbonyl (C=O) groups excluding carboxylic acids is 1. The number of aryl methyl sites for hydroxylation is 1.